The molecule has 1 aromatic heterocycles. The van der Waals surface area contributed by atoms with Crippen molar-refractivity contribution in [1.82, 2.24) is 14.9 Å². The summed E-state index contributed by atoms with van der Waals surface area (Å²) < 4.78 is 0. The van der Waals surface area contributed by atoms with Gasteiger partial charge < -0.3 is 41.6 Å². The normalized spacial score (nSPS) is 28.1. The number of benzene rings is 2. The lowest BCUT2D eigenvalue weighted by Crippen LogP contribution is -2.68. The topological polar surface area (TPSA) is 222 Å². The van der Waals surface area contributed by atoms with Crippen LogP contribution in [0.1, 0.15) is 28.8 Å². The van der Waals surface area contributed by atoms with Gasteiger partial charge in [-0.05, 0) is 37.2 Å². The van der Waals surface area contributed by atoms with Gasteiger partial charge in [0.05, 0.1) is 41.2 Å². The Labute approximate surface area is 251 Å². The number of fused-ring (bicyclic) bond motifs is 3. The van der Waals surface area contributed by atoms with Gasteiger partial charge in [-0.2, -0.15) is 0 Å². The molecule has 3 aliphatic carbocycles. The summed E-state index contributed by atoms with van der Waals surface area (Å²) in [5.74, 6) is -9.18. The van der Waals surface area contributed by atoms with Crippen molar-refractivity contribution in [3.63, 3.8) is 0 Å². The molecule has 2 aromatic carbocycles. The number of anilines is 2. The van der Waals surface area contributed by atoms with Gasteiger partial charge in [0.2, 0.25) is 11.7 Å². The van der Waals surface area contributed by atoms with Crippen LogP contribution in [0, 0.1) is 11.8 Å². The smallest absolute Gasteiger partial charge is 0.255 e. The van der Waals surface area contributed by atoms with Crippen LogP contribution in [0.2, 0.25) is 0 Å². The van der Waals surface area contributed by atoms with Crippen molar-refractivity contribution < 1.29 is 39.9 Å². The van der Waals surface area contributed by atoms with Crippen LogP contribution < -0.4 is 11.1 Å². The molecule has 0 unspecified atom stereocenters. The molecule has 0 saturated carbocycles. The number of hydrogen-bond acceptors (Lipinski definition) is 11. The number of aromatic amines is 1. The largest absolute Gasteiger partial charge is 0.510 e. The van der Waals surface area contributed by atoms with Crippen molar-refractivity contribution in [2.75, 3.05) is 19.4 Å². The first kappa shape index (κ1) is 29.1. The van der Waals surface area contributed by atoms with Gasteiger partial charge in [0.1, 0.15) is 17.1 Å². The Bertz CT molecular complexity index is 1800. The Kier molecular flexibility index (Phi) is 6.65. The summed E-state index contributed by atoms with van der Waals surface area (Å²) in [7, 11) is 2.97. The van der Waals surface area contributed by atoms with Crippen molar-refractivity contribution >= 4 is 29.1 Å². The fourth-order valence-corrected chi connectivity index (χ4v) is 7.00. The molecular weight excluding hydrogens is 570 g/mol. The quantitative estimate of drug-likeness (QED) is 0.155. The second-order valence-electron chi connectivity index (χ2n) is 11.6. The van der Waals surface area contributed by atoms with Crippen molar-refractivity contribution in [3.8, 4) is 17.0 Å². The first-order valence-corrected chi connectivity index (χ1v) is 13.9. The Morgan fingerprint density at radius 2 is 1.77 bits per heavy atom. The standard InChI is InChI=1S/C31H31N5O8/c1-12-14-9-10-15(34-30-33-11-16(35-30)13-7-5-4-6-8-13)23(37)18(14)24(38)19-17(12)25(39)21-22(36(2)3)26(40)20(29(32)43)28(42)31(21,44)27(19)41/h4-12,17,21-22,25,37,39-41,44H,1-3H3,(H2,32,43)(H2,33,34,35)/t12-,17-,21+,22-,25+,31-/m1/s1. The van der Waals surface area contributed by atoms with E-state index in [2.05, 4.69) is 15.3 Å². The van der Waals surface area contributed by atoms with E-state index in [1.54, 1.807) is 25.3 Å². The van der Waals surface area contributed by atoms with Crippen molar-refractivity contribution in [3.05, 3.63) is 82.5 Å². The molecule has 0 aliphatic heterocycles. The number of nitrogens with zero attached hydrogens (tertiary/aromatic N) is 2. The fourth-order valence-electron chi connectivity index (χ4n) is 7.00. The number of aromatic hydroxyl groups is 1. The molecule has 1 heterocycles. The van der Waals surface area contributed by atoms with E-state index in [9.17, 15) is 39.9 Å². The van der Waals surface area contributed by atoms with Crippen LogP contribution in [0.3, 0.4) is 0 Å². The minimum Gasteiger partial charge on any atom is -0.510 e. The Morgan fingerprint density at radius 3 is 2.41 bits per heavy atom. The van der Waals surface area contributed by atoms with Gasteiger partial charge in [-0.3, -0.25) is 19.3 Å². The Hall–Kier alpha value is -4.98. The minimum atomic E-state index is -2.98. The monoisotopic (exact) mass is 601 g/mol. The number of phenolic OH excluding ortho intramolecular Hbond substituents is 1. The van der Waals surface area contributed by atoms with E-state index in [-0.39, 0.29) is 17.2 Å². The summed E-state index contributed by atoms with van der Waals surface area (Å²) >= 11 is 0. The molecule has 0 radical (unpaired) electrons. The van der Waals surface area contributed by atoms with E-state index in [0.29, 0.717) is 11.3 Å². The van der Waals surface area contributed by atoms with Gasteiger partial charge in [0, 0.05) is 11.5 Å². The molecular formula is C31H31N5O8. The summed E-state index contributed by atoms with van der Waals surface area (Å²) in [5.41, 5.74) is 2.81. The number of H-pyrrole nitrogens is 1. The van der Waals surface area contributed by atoms with Crippen LogP contribution >= 0.6 is 0 Å². The SMILES string of the molecule is C[C@@H]1c2ccc(Nc3ncc(-c4ccccc4)[nH]3)c(O)c2C(=O)C2=C(O)[C@@]3(O)C(=O)C(C(N)=O)=C(O)[C@H](N(C)C)[C@H]3[C@@H](O)[C@@H]21. The number of imidazole rings is 1. The number of hydrogen-bond donors (Lipinski definition) is 8. The van der Waals surface area contributed by atoms with Crippen LogP contribution in [0.25, 0.3) is 11.3 Å². The molecule has 1 amide bonds. The lowest BCUT2D eigenvalue weighted by Gasteiger charge is -2.53. The molecule has 6 atom stereocenters. The van der Waals surface area contributed by atoms with E-state index in [0.717, 1.165) is 5.56 Å². The van der Waals surface area contributed by atoms with Crippen molar-refractivity contribution in [2.24, 2.45) is 17.6 Å². The second-order valence-corrected chi connectivity index (χ2v) is 11.6. The van der Waals surface area contributed by atoms with E-state index >= 15 is 0 Å². The number of rotatable bonds is 5. The highest BCUT2D eigenvalue weighted by molar-refractivity contribution is 6.25. The third kappa shape index (κ3) is 3.90. The zero-order valence-corrected chi connectivity index (χ0v) is 23.9. The van der Waals surface area contributed by atoms with Gasteiger partial charge in [0.15, 0.2) is 17.1 Å². The number of aliphatic hydroxyl groups excluding tert-OH is 3. The number of nitrogens with two attached hydrogens (primary N) is 1. The number of phenols is 1. The van der Waals surface area contributed by atoms with Gasteiger partial charge in [0.25, 0.3) is 5.91 Å². The van der Waals surface area contributed by atoms with E-state index < -0.39 is 81.4 Å². The summed E-state index contributed by atoms with van der Waals surface area (Å²) in [4.78, 5) is 48.5. The number of amides is 1. The zero-order valence-electron chi connectivity index (χ0n) is 23.9. The van der Waals surface area contributed by atoms with Crippen molar-refractivity contribution in [1.29, 1.82) is 0 Å². The van der Waals surface area contributed by atoms with E-state index in [4.69, 9.17) is 5.73 Å². The molecule has 3 aromatic rings. The summed E-state index contributed by atoms with van der Waals surface area (Å²) in [6.45, 7) is 1.67. The van der Waals surface area contributed by atoms with Gasteiger partial charge in [-0.15, -0.1) is 0 Å². The van der Waals surface area contributed by atoms with Crippen LogP contribution in [0.4, 0.5) is 11.6 Å². The number of nitrogens with one attached hydrogen (secondary N) is 2. The number of primary amides is 1. The number of Topliss-reactive ketones (excluding diaryl/α,β-unsaturated/α-hetero) is 2. The average molecular weight is 602 g/mol. The molecule has 13 nitrogen and oxygen atoms in total. The molecule has 13 heteroatoms. The van der Waals surface area contributed by atoms with E-state index in [1.165, 1.54) is 19.0 Å². The molecule has 0 saturated heterocycles. The molecule has 0 bridgehead atoms. The zero-order chi connectivity index (χ0) is 31.8. The highest BCUT2D eigenvalue weighted by Gasteiger charge is 2.67. The lowest BCUT2D eigenvalue weighted by molar-refractivity contribution is -0.162. The molecule has 44 heavy (non-hydrogen) atoms. The third-order valence-electron chi connectivity index (χ3n) is 9.04. The molecule has 228 valence electrons. The maximum atomic E-state index is 14.1. The van der Waals surface area contributed by atoms with Crippen LogP contribution in [-0.2, 0) is 9.59 Å². The maximum Gasteiger partial charge on any atom is 0.255 e. The van der Waals surface area contributed by atoms with Crippen LogP contribution in [-0.4, -0.2) is 89.7 Å². The Balaban J connectivity index is 1.46. The second kappa shape index (κ2) is 10.0. The molecule has 9 N–H and O–H groups in total. The first-order valence-electron chi connectivity index (χ1n) is 13.9. The van der Waals surface area contributed by atoms with Gasteiger partial charge in [-0.1, -0.05) is 43.3 Å². The highest BCUT2D eigenvalue weighted by atomic mass is 16.4. The minimum absolute atomic E-state index is 0.107. The number of carbonyl (C=O) groups excluding carboxylic acids is 3. The van der Waals surface area contributed by atoms with E-state index in [1.807, 2.05) is 30.3 Å². The maximum absolute atomic E-state index is 14.1. The predicted molar refractivity (Wildman–Crippen MR) is 157 cm³/mol. The van der Waals surface area contributed by atoms with Crippen molar-refractivity contribution in [2.45, 2.75) is 30.6 Å². The van der Waals surface area contributed by atoms with Crippen LogP contribution in [0.15, 0.2) is 71.3 Å². The summed E-state index contributed by atoms with van der Waals surface area (Å²) in [5, 5.41) is 60.3. The number of aliphatic hydroxyl groups is 4. The number of carbonyl (C=O) groups is 3. The predicted octanol–water partition coefficient (Wildman–Crippen LogP) is 1.79. The fraction of sp³-hybridized carbons (Fsp3) is 0.290. The Morgan fingerprint density at radius 1 is 1.09 bits per heavy atom. The molecule has 3 aliphatic rings. The number of aromatic nitrogens is 2. The number of ketones is 2. The summed E-state index contributed by atoms with van der Waals surface area (Å²) in [6, 6.07) is 11.2. The summed E-state index contributed by atoms with van der Waals surface area (Å²) in [6.07, 6.45) is -0.0614. The van der Waals surface area contributed by atoms with Gasteiger partial charge >= 0.3 is 0 Å². The third-order valence-corrected chi connectivity index (χ3v) is 9.04. The average Bonchev–Trinajstić information content (AvgIpc) is 3.45. The highest BCUT2D eigenvalue weighted by Crippen LogP contribution is 2.56. The first-order chi connectivity index (χ1) is 20.8. The molecule has 0 fully saturated rings. The molecule has 6 rings (SSSR count). The van der Waals surface area contributed by atoms with Crippen LogP contribution in [0.5, 0.6) is 5.75 Å². The van der Waals surface area contributed by atoms with Gasteiger partial charge in [-0.25, -0.2) is 4.98 Å². The number of likely N-dealkylation sites (N-methyl/N-ethyl adjacent to an activating group) is 1. The lowest BCUT2D eigenvalue weighted by atomic mass is 9.55. The molecule has 0 spiro atoms.